The second kappa shape index (κ2) is 8.86. The smallest absolute Gasteiger partial charge is 0.296 e. The summed E-state index contributed by atoms with van der Waals surface area (Å²) in [5.74, 6) is -1.07. The molecule has 2 aliphatic rings. The van der Waals surface area contributed by atoms with E-state index in [2.05, 4.69) is 20.0 Å². The quantitative estimate of drug-likeness (QED) is 0.560. The molecular weight excluding hydrogens is 457 g/mol. The number of piperidine rings is 1. The molecule has 1 aromatic carbocycles. The predicted octanol–water partition coefficient (Wildman–Crippen LogP) is 0.988. The van der Waals surface area contributed by atoms with Gasteiger partial charge in [-0.25, -0.2) is 19.0 Å². The maximum Gasteiger partial charge on any atom is 0.296 e. The highest BCUT2D eigenvalue weighted by atomic mass is 19.1. The van der Waals surface area contributed by atoms with Crippen LogP contribution in [0, 0.1) is 12.7 Å². The maximum atomic E-state index is 14.0. The minimum absolute atomic E-state index is 0.326. The Morgan fingerprint density at radius 3 is 2.74 bits per heavy atom. The van der Waals surface area contributed by atoms with Gasteiger partial charge in [-0.1, -0.05) is 6.07 Å². The fraction of sp³-hybridized carbons (Fsp3) is 0.435. The Hall–Kier alpha value is -3.64. The van der Waals surface area contributed by atoms with E-state index in [-0.39, 0.29) is 5.82 Å². The summed E-state index contributed by atoms with van der Waals surface area (Å²) in [6, 6.07) is 4.62. The van der Waals surface area contributed by atoms with Crippen LogP contribution in [0.25, 0.3) is 5.69 Å². The van der Waals surface area contributed by atoms with Crippen molar-refractivity contribution >= 4 is 5.91 Å². The third-order valence-corrected chi connectivity index (χ3v) is 6.74. The molecule has 3 N–H and O–H groups in total. The molecule has 2 aromatic heterocycles. The number of amides is 1. The van der Waals surface area contributed by atoms with Gasteiger partial charge in [0, 0.05) is 32.8 Å². The highest BCUT2D eigenvalue weighted by Crippen LogP contribution is 2.38. The van der Waals surface area contributed by atoms with E-state index in [1.54, 1.807) is 17.7 Å². The average Bonchev–Trinajstić information content (AvgIpc) is 3.18. The van der Waals surface area contributed by atoms with Gasteiger partial charge >= 0.3 is 0 Å². The van der Waals surface area contributed by atoms with Crippen LogP contribution < -0.4 is 11.3 Å². The van der Waals surface area contributed by atoms with Crippen molar-refractivity contribution in [2.45, 2.75) is 44.9 Å². The highest BCUT2D eigenvalue weighted by molar-refractivity contribution is 5.93. The molecule has 12 heteroatoms. The van der Waals surface area contributed by atoms with Crippen LogP contribution in [-0.4, -0.2) is 59.9 Å². The fourth-order valence-corrected chi connectivity index (χ4v) is 4.91. The zero-order valence-corrected chi connectivity index (χ0v) is 19.3. The number of benzene rings is 1. The minimum Gasteiger partial charge on any atom is -0.501 e. The Morgan fingerprint density at radius 2 is 2.06 bits per heavy atom. The van der Waals surface area contributed by atoms with Gasteiger partial charge < -0.3 is 15.6 Å². The summed E-state index contributed by atoms with van der Waals surface area (Å²) in [5, 5.41) is 14.4. The number of aromatic hydroxyl groups is 1. The van der Waals surface area contributed by atoms with Crippen molar-refractivity contribution in [3.05, 3.63) is 63.6 Å². The number of aryl methyl sites for hydroxylation is 1. The topological polar surface area (TPSA) is 141 Å². The van der Waals surface area contributed by atoms with Gasteiger partial charge in [-0.3, -0.25) is 19.1 Å². The number of fused-ring (bicyclic) bond motifs is 2. The normalized spacial score (nSPS) is 17.8. The summed E-state index contributed by atoms with van der Waals surface area (Å²) in [6.45, 7) is 4.32. The summed E-state index contributed by atoms with van der Waals surface area (Å²) in [7, 11) is 0. The van der Waals surface area contributed by atoms with Gasteiger partial charge in [0.25, 0.3) is 11.5 Å². The number of hydrogen-bond donors (Lipinski definition) is 2. The number of halogens is 1. The largest absolute Gasteiger partial charge is 0.501 e. The Balaban J connectivity index is 1.43. The van der Waals surface area contributed by atoms with Crippen molar-refractivity contribution < 1.29 is 19.0 Å². The van der Waals surface area contributed by atoms with Gasteiger partial charge in [0.05, 0.1) is 5.69 Å². The molecule has 1 fully saturated rings. The lowest BCUT2D eigenvalue weighted by atomic mass is 9.89. The Bertz CT molecular complexity index is 1340. The van der Waals surface area contributed by atoms with Gasteiger partial charge in [-0.2, -0.15) is 5.10 Å². The van der Waals surface area contributed by atoms with Crippen LogP contribution in [0.15, 0.2) is 29.3 Å². The average molecular weight is 484 g/mol. The van der Waals surface area contributed by atoms with E-state index < -0.39 is 28.5 Å². The molecule has 35 heavy (non-hydrogen) atoms. The van der Waals surface area contributed by atoms with E-state index in [1.807, 2.05) is 0 Å². The number of likely N-dealkylation sites (tertiary alicyclic amines) is 1. The van der Waals surface area contributed by atoms with Crippen LogP contribution in [0.4, 0.5) is 4.39 Å². The summed E-state index contributed by atoms with van der Waals surface area (Å²) < 4.78 is 23.3. The number of carbonyl (C=O) groups excluding carboxylic acids is 1. The summed E-state index contributed by atoms with van der Waals surface area (Å²) >= 11 is 0. The summed E-state index contributed by atoms with van der Waals surface area (Å²) in [4.78, 5) is 35.3. The molecule has 0 aliphatic carbocycles. The molecule has 0 radical (unpaired) electrons. The van der Waals surface area contributed by atoms with Crippen molar-refractivity contribution in [2.24, 2.45) is 5.73 Å². The number of aromatic nitrogens is 5. The van der Waals surface area contributed by atoms with Crippen molar-refractivity contribution in [1.29, 1.82) is 0 Å². The predicted molar refractivity (Wildman–Crippen MR) is 121 cm³/mol. The molecular formula is C23H26FN7O4. The molecule has 1 amide bonds. The second-order valence-corrected chi connectivity index (χ2v) is 8.92. The lowest BCUT2D eigenvalue weighted by Gasteiger charge is -2.41. The van der Waals surface area contributed by atoms with E-state index in [1.165, 1.54) is 23.0 Å². The molecule has 0 saturated carbocycles. The SMILES string of the molecule is Cc1ncnn1-c1cc(F)ccc1CN1CCC2(CC1)OCCCn1c2nc(C(N)=O)c(O)c1=O. The molecule has 4 heterocycles. The third-order valence-electron chi connectivity index (χ3n) is 6.74. The number of nitrogens with zero attached hydrogens (tertiary/aromatic N) is 6. The lowest BCUT2D eigenvalue weighted by Crippen LogP contribution is -2.47. The van der Waals surface area contributed by atoms with Crippen LogP contribution in [0.2, 0.25) is 0 Å². The van der Waals surface area contributed by atoms with E-state index >= 15 is 0 Å². The molecule has 1 spiro atoms. The van der Waals surface area contributed by atoms with Crippen LogP contribution >= 0.6 is 0 Å². The van der Waals surface area contributed by atoms with E-state index in [0.717, 1.165) is 5.56 Å². The van der Waals surface area contributed by atoms with Gasteiger partial charge in [0.1, 0.15) is 29.4 Å². The number of carbonyl (C=O) groups is 1. The van der Waals surface area contributed by atoms with Crippen molar-refractivity contribution in [3.63, 3.8) is 0 Å². The summed E-state index contributed by atoms with van der Waals surface area (Å²) in [5.41, 5.74) is 4.89. The number of nitrogens with two attached hydrogens (primary N) is 1. The van der Waals surface area contributed by atoms with Crippen molar-refractivity contribution in [3.8, 4) is 11.4 Å². The minimum atomic E-state index is -0.966. The summed E-state index contributed by atoms with van der Waals surface area (Å²) in [6.07, 6.45) is 3.04. The van der Waals surface area contributed by atoms with E-state index in [0.29, 0.717) is 69.4 Å². The lowest BCUT2D eigenvalue weighted by molar-refractivity contribution is -0.0928. The number of rotatable bonds is 4. The van der Waals surface area contributed by atoms with Crippen LogP contribution in [0.1, 0.15) is 47.0 Å². The van der Waals surface area contributed by atoms with Crippen molar-refractivity contribution in [1.82, 2.24) is 29.2 Å². The molecule has 0 unspecified atom stereocenters. The van der Waals surface area contributed by atoms with Crippen molar-refractivity contribution in [2.75, 3.05) is 19.7 Å². The first-order chi connectivity index (χ1) is 16.8. The molecule has 1 saturated heterocycles. The molecule has 11 nitrogen and oxygen atoms in total. The molecule has 0 atom stereocenters. The fourth-order valence-electron chi connectivity index (χ4n) is 4.91. The Labute approximate surface area is 200 Å². The number of primary amides is 1. The zero-order chi connectivity index (χ0) is 24.7. The molecule has 5 rings (SSSR count). The monoisotopic (exact) mass is 483 g/mol. The first-order valence-electron chi connectivity index (χ1n) is 11.4. The molecule has 184 valence electrons. The third kappa shape index (κ3) is 4.08. The standard InChI is InChI=1S/C23H26FN7O4/c1-14-26-13-27-31(14)17-11-16(24)4-3-15(17)12-29-8-5-23(6-9-29)22-28-18(20(25)33)19(32)21(34)30(22)7-2-10-35-23/h3-4,11,13,32H,2,5-10,12H2,1H3,(H2,25,33). The number of ether oxygens (including phenoxy) is 1. The van der Waals surface area contributed by atoms with Crippen LogP contribution in [0.3, 0.4) is 0 Å². The van der Waals surface area contributed by atoms with Gasteiger partial charge in [-0.05, 0) is 43.9 Å². The van der Waals surface area contributed by atoms with Crippen LogP contribution in [-0.2, 0) is 23.4 Å². The zero-order valence-electron chi connectivity index (χ0n) is 19.3. The second-order valence-electron chi connectivity index (χ2n) is 8.92. The van der Waals surface area contributed by atoms with Crippen LogP contribution in [0.5, 0.6) is 5.75 Å². The number of hydrogen-bond acceptors (Lipinski definition) is 8. The highest BCUT2D eigenvalue weighted by Gasteiger charge is 2.43. The first-order valence-corrected chi connectivity index (χ1v) is 11.4. The van der Waals surface area contributed by atoms with Gasteiger partial charge in [-0.15, -0.1) is 0 Å². The molecule has 2 aliphatic heterocycles. The van der Waals surface area contributed by atoms with E-state index in [4.69, 9.17) is 10.5 Å². The maximum absolute atomic E-state index is 14.0. The van der Waals surface area contributed by atoms with Gasteiger partial charge in [0.15, 0.2) is 5.69 Å². The Morgan fingerprint density at radius 1 is 1.29 bits per heavy atom. The molecule has 3 aromatic rings. The first kappa shape index (κ1) is 23.1. The van der Waals surface area contributed by atoms with Gasteiger partial charge in [0.2, 0.25) is 5.75 Å². The molecule has 0 bridgehead atoms. The van der Waals surface area contributed by atoms with E-state index in [9.17, 15) is 19.1 Å². The Kier molecular flexibility index (Phi) is 5.85.